The zero-order valence-electron chi connectivity index (χ0n) is 19.4. The minimum absolute atomic E-state index is 0.0900. The first kappa shape index (κ1) is 26.6. The fraction of sp³-hybridized carbons (Fsp3) is 0.185. The summed E-state index contributed by atoms with van der Waals surface area (Å²) in [5, 5.41) is 0.611. The average Bonchev–Trinajstić information content (AvgIpc) is 3.14. The van der Waals surface area contributed by atoms with Gasteiger partial charge in [0.25, 0.3) is 5.91 Å². The normalized spacial score (nSPS) is 15.8. The Labute approximate surface area is 230 Å². The third kappa shape index (κ3) is 6.64. The number of amides is 1. The molecule has 4 rings (SSSR count). The van der Waals surface area contributed by atoms with Gasteiger partial charge >= 0.3 is 0 Å². The van der Waals surface area contributed by atoms with Crippen LogP contribution in [0.4, 0.5) is 10.1 Å². The highest BCUT2D eigenvalue weighted by molar-refractivity contribution is 9.11. The molecule has 1 saturated heterocycles. The van der Waals surface area contributed by atoms with E-state index in [4.69, 9.17) is 9.47 Å². The molecule has 1 fully saturated rings. The fourth-order valence-corrected chi connectivity index (χ4v) is 5.89. The maximum absolute atomic E-state index is 14.0. The molecule has 9 heteroatoms. The summed E-state index contributed by atoms with van der Waals surface area (Å²) < 4.78 is 26.7. The number of nitrogens with zero attached hydrogens (tertiary/aromatic N) is 2. The van der Waals surface area contributed by atoms with Crippen molar-refractivity contribution < 1.29 is 18.7 Å². The predicted molar refractivity (Wildman–Crippen MR) is 150 cm³/mol. The second-order valence-corrected chi connectivity index (χ2v) is 10.4. The third-order valence-electron chi connectivity index (χ3n) is 5.18. The van der Waals surface area contributed by atoms with Crippen LogP contribution in [0.15, 0.2) is 85.6 Å². The Bertz CT molecular complexity index is 1280. The van der Waals surface area contributed by atoms with Crippen molar-refractivity contribution in [1.82, 2.24) is 4.90 Å². The van der Waals surface area contributed by atoms with Crippen molar-refractivity contribution in [3.8, 4) is 5.75 Å². The van der Waals surface area contributed by atoms with Crippen LogP contribution in [0.2, 0.25) is 0 Å². The van der Waals surface area contributed by atoms with E-state index in [2.05, 4.69) is 36.9 Å². The summed E-state index contributed by atoms with van der Waals surface area (Å²) in [5.74, 6) is 0.113. The Morgan fingerprint density at radius 1 is 1.06 bits per heavy atom. The molecule has 0 saturated carbocycles. The summed E-state index contributed by atoms with van der Waals surface area (Å²) in [6, 6.07) is 19.8. The number of benzene rings is 3. The molecule has 1 aliphatic heterocycles. The second kappa shape index (κ2) is 12.7. The number of ether oxygens (including phenoxy) is 2. The molecule has 0 N–H and O–H groups in total. The van der Waals surface area contributed by atoms with E-state index in [1.165, 1.54) is 17.8 Å². The smallest absolute Gasteiger partial charge is 0.266 e. The van der Waals surface area contributed by atoms with Gasteiger partial charge in [-0.1, -0.05) is 36.4 Å². The molecule has 0 aliphatic carbocycles. The number of rotatable bonds is 9. The van der Waals surface area contributed by atoms with E-state index in [9.17, 15) is 9.18 Å². The van der Waals surface area contributed by atoms with Crippen LogP contribution in [0.1, 0.15) is 18.1 Å². The summed E-state index contributed by atoms with van der Waals surface area (Å²) in [7, 11) is 0. The van der Waals surface area contributed by atoms with Gasteiger partial charge in [-0.3, -0.25) is 9.69 Å². The van der Waals surface area contributed by atoms with Crippen molar-refractivity contribution in [2.45, 2.75) is 13.5 Å². The Balaban J connectivity index is 1.57. The predicted octanol–water partition coefficient (Wildman–Crippen LogP) is 7.57. The van der Waals surface area contributed by atoms with E-state index in [0.717, 1.165) is 11.3 Å². The number of halogens is 3. The van der Waals surface area contributed by atoms with E-state index in [1.807, 2.05) is 55.5 Å². The van der Waals surface area contributed by atoms with E-state index in [0.29, 0.717) is 50.1 Å². The van der Waals surface area contributed by atoms with Gasteiger partial charge in [-0.15, -0.1) is 0 Å². The maximum atomic E-state index is 14.0. The van der Waals surface area contributed by atoms with E-state index in [1.54, 1.807) is 23.1 Å². The van der Waals surface area contributed by atoms with Crippen LogP contribution in [0.25, 0.3) is 6.08 Å². The summed E-state index contributed by atoms with van der Waals surface area (Å²) in [6.07, 6.45) is 1.82. The molecule has 0 bridgehead atoms. The molecule has 3 aromatic rings. The van der Waals surface area contributed by atoms with Gasteiger partial charge in [-0.25, -0.2) is 9.38 Å². The number of para-hydroxylation sites is 1. The highest BCUT2D eigenvalue weighted by Crippen LogP contribution is 2.38. The van der Waals surface area contributed by atoms with Crippen LogP contribution >= 0.6 is 43.6 Å². The number of carbonyl (C=O) groups is 1. The maximum Gasteiger partial charge on any atom is 0.266 e. The van der Waals surface area contributed by atoms with Gasteiger partial charge in [0.1, 0.15) is 18.2 Å². The Morgan fingerprint density at radius 3 is 2.44 bits per heavy atom. The first-order chi connectivity index (χ1) is 17.5. The van der Waals surface area contributed by atoms with Crippen molar-refractivity contribution in [2.75, 3.05) is 19.8 Å². The molecule has 5 nitrogen and oxygen atoms in total. The monoisotopic (exact) mass is 632 g/mol. The summed E-state index contributed by atoms with van der Waals surface area (Å²) >= 11 is 8.42. The Hall–Kier alpha value is -2.46. The molecule has 0 unspecified atom stereocenters. The van der Waals surface area contributed by atoms with Crippen LogP contribution in [0.3, 0.4) is 0 Å². The SMILES string of the molecule is CCOCCN1C(=O)/C(=C/c2cc(Br)c(OCc3ccccc3F)c(Br)c2)SC1=Nc1ccccc1. The average molecular weight is 634 g/mol. The number of hydrogen-bond acceptors (Lipinski definition) is 5. The summed E-state index contributed by atoms with van der Waals surface area (Å²) in [4.78, 5) is 20.1. The number of amidine groups is 1. The lowest BCUT2D eigenvalue weighted by molar-refractivity contribution is -0.122. The standard InChI is InChI=1S/C27H23Br2FN2O3S/c1-2-34-13-12-32-26(33)24(36-27(32)31-20-9-4-3-5-10-20)16-18-14-21(28)25(22(29)15-18)35-17-19-8-6-7-11-23(19)30/h3-11,14-16H,2,12-13,17H2,1H3/b24-16-,31-27?. The highest BCUT2D eigenvalue weighted by atomic mass is 79.9. The lowest BCUT2D eigenvalue weighted by Crippen LogP contribution is -2.32. The molecule has 186 valence electrons. The lowest BCUT2D eigenvalue weighted by atomic mass is 10.2. The third-order valence-corrected chi connectivity index (χ3v) is 7.37. The number of carbonyl (C=O) groups excluding carboxylic acids is 1. The molecule has 1 heterocycles. The number of hydrogen-bond donors (Lipinski definition) is 0. The summed E-state index contributed by atoms with van der Waals surface area (Å²) in [5.41, 5.74) is 2.04. The highest BCUT2D eigenvalue weighted by Gasteiger charge is 2.33. The van der Waals surface area contributed by atoms with Crippen LogP contribution in [-0.2, 0) is 16.1 Å². The van der Waals surface area contributed by atoms with E-state index < -0.39 is 0 Å². The molecule has 0 atom stereocenters. The molecule has 0 radical (unpaired) electrons. The van der Waals surface area contributed by atoms with Crippen molar-refractivity contribution >= 4 is 66.5 Å². The molecule has 36 heavy (non-hydrogen) atoms. The molecule has 1 amide bonds. The molecular weight excluding hydrogens is 611 g/mol. The van der Waals surface area contributed by atoms with Gasteiger partial charge < -0.3 is 9.47 Å². The van der Waals surface area contributed by atoms with Crippen LogP contribution < -0.4 is 4.74 Å². The van der Waals surface area contributed by atoms with Crippen LogP contribution in [0.5, 0.6) is 5.75 Å². The van der Waals surface area contributed by atoms with Gasteiger partial charge in [0.2, 0.25) is 0 Å². The quantitative estimate of drug-likeness (QED) is 0.180. The van der Waals surface area contributed by atoms with E-state index >= 15 is 0 Å². The van der Waals surface area contributed by atoms with Crippen LogP contribution in [0, 0.1) is 5.82 Å². The number of thioether (sulfide) groups is 1. The van der Waals surface area contributed by atoms with Gasteiger partial charge in [0, 0.05) is 12.2 Å². The van der Waals surface area contributed by atoms with Gasteiger partial charge in [-0.05, 0) is 92.5 Å². The fourth-order valence-electron chi connectivity index (χ4n) is 3.42. The minimum Gasteiger partial charge on any atom is -0.486 e. The van der Waals surface area contributed by atoms with Crippen molar-refractivity contribution in [1.29, 1.82) is 0 Å². The topological polar surface area (TPSA) is 51.1 Å². The zero-order chi connectivity index (χ0) is 25.5. The zero-order valence-corrected chi connectivity index (χ0v) is 23.4. The van der Waals surface area contributed by atoms with Crippen molar-refractivity contribution in [3.05, 3.63) is 97.5 Å². The van der Waals surface area contributed by atoms with Gasteiger partial charge in [0.15, 0.2) is 5.17 Å². The minimum atomic E-state index is -0.315. The first-order valence-electron chi connectivity index (χ1n) is 11.2. The van der Waals surface area contributed by atoms with Gasteiger partial charge in [-0.2, -0.15) is 0 Å². The van der Waals surface area contributed by atoms with Crippen molar-refractivity contribution in [2.24, 2.45) is 4.99 Å². The lowest BCUT2D eigenvalue weighted by Gasteiger charge is -2.15. The summed E-state index contributed by atoms with van der Waals surface area (Å²) in [6.45, 7) is 3.43. The molecule has 3 aromatic carbocycles. The van der Waals surface area contributed by atoms with Gasteiger partial charge in [0.05, 0.1) is 32.7 Å². The Kier molecular flexibility index (Phi) is 9.36. The van der Waals surface area contributed by atoms with Crippen molar-refractivity contribution in [3.63, 3.8) is 0 Å². The molecule has 1 aliphatic rings. The first-order valence-corrected chi connectivity index (χ1v) is 13.6. The molecule has 0 spiro atoms. The molecular formula is C27H23Br2FN2O3S. The molecule has 0 aromatic heterocycles. The number of aliphatic imine (C=N–C) groups is 1. The largest absolute Gasteiger partial charge is 0.486 e. The second-order valence-electron chi connectivity index (χ2n) is 7.69. The Morgan fingerprint density at radius 2 is 1.75 bits per heavy atom. The van der Waals surface area contributed by atoms with E-state index in [-0.39, 0.29) is 18.3 Å². The van der Waals surface area contributed by atoms with Crippen LogP contribution in [-0.4, -0.2) is 35.7 Å².